The van der Waals surface area contributed by atoms with Crippen molar-refractivity contribution in [2.45, 2.75) is 19.4 Å². The Morgan fingerprint density at radius 3 is 2.69 bits per heavy atom. The zero-order valence-electron chi connectivity index (χ0n) is 9.62. The van der Waals surface area contributed by atoms with Gasteiger partial charge in [-0.3, -0.25) is 0 Å². The molecule has 1 heterocycles. The van der Waals surface area contributed by atoms with Gasteiger partial charge in [0.1, 0.15) is 0 Å². The second-order valence-electron chi connectivity index (χ2n) is 3.92. The zero-order valence-corrected chi connectivity index (χ0v) is 10.5. The molecule has 1 aliphatic heterocycles. The van der Waals surface area contributed by atoms with Gasteiger partial charge in [0.15, 0.2) is 11.5 Å². The van der Waals surface area contributed by atoms with Crippen LogP contribution < -0.4 is 14.8 Å². The molecule has 0 spiro atoms. The first-order chi connectivity index (χ1) is 7.76. The lowest BCUT2D eigenvalue weighted by Crippen LogP contribution is -2.17. The molecule has 0 fully saturated rings. The molecule has 1 unspecified atom stereocenters. The van der Waals surface area contributed by atoms with Gasteiger partial charge in [-0.1, -0.05) is 0 Å². The van der Waals surface area contributed by atoms with Gasteiger partial charge in [0.2, 0.25) is 6.79 Å². The molecule has 1 atom stereocenters. The topological polar surface area (TPSA) is 30.5 Å². The van der Waals surface area contributed by atoms with E-state index in [2.05, 4.69) is 30.9 Å². The molecule has 0 radical (unpaired) electrons. The molecule has 0 amide bonds. The van der Waals surface area contributed by atoms with E-state index in [0.29, 0.717) is 12.8 Å². The van der Waals surface area contributed by atoms with Gasteiger partial charge in [-0.05, 0) is 49.4 Å². The van der Waals surface area contributed by atoms with Crippen molar-refractivity contribution in [3.05, 3.63) is 23.3 Å². The highest BCUT2D eigenvalue weighted by molar-refractivity contribution is 7.80. The molecule has 1 aromatic rings. The molecule has 2 rings (SSSR count). The van der Waals surface area contributed by atoms with E-state index >= 15 is 0 Å². The molecular formula is C12H17NO2S. The van der Waals surface area contributed by atoms with E-state index < -0.39 is 0 Å². The van der Waals surface area contributed by atoms with Gasteiger partial charge in [-0.2, -0.15) is 12.6 Å². The summed E-state index contributed by atoms with van der Waals surface area (Å²) >= 11 is 4.28. The van der Waals surface area contributed by atoms with Crippen molar-refractivity contribution in [3.8, 4) is 11.5 Å². The summed E-state index contributed by atoms with van der Waals surface area (Å²) in [6, 6.07) is 4.44. The van der Waals surface area contributed by atoms with Gasteiger partial charge in [-0.25, -0.2) is 0 Å². The number of hydrogen-bond donors (Lipinski definition) is 2. The summed E-state index contributed by atoms with van der Waals surface area (Å²) in [4.78, 5) is 0. The van der Waals surface area contributed by atoms with Gasteiger partial charge < -0.3 is 14.8 Å². The normalized spacial score (nSPS) is 15.2. The maximum atomic E-state index is 5.40. The second kappa shape index (κ2) is 4.97. The number of aryl methyl sites for hydroxylation is 1. The lowest BCUT2D eigenvalue weighted by atomic mass is 9.98. The largest absolute Gasteiger partial charge is 0.454 e. The van der Waals surface area contributed by atoms with Crippen molar-refractivity contribution in [3.63, 3.8) is 0 Å². The van der Waals surface area contributed by atoms with Crippen LogP contribution in [-0.4, -0.2) is 19.6 Å². The predicted octanol–water partition coefficient (Wildman–Crippen LogP) is 2.30. The van der Waals surface area contributed by atoms with Crippen LogP contribution >= 0.6 is 12.6 Å². The molecular weight excluding hydrogens is 222 g/mol. The van der Waals surface area contributed by atoms with Gasteiger partial charge in [-0.15, -0.1) is 0 Å². The van der Waals surface area contributed by atoms with Crippen molar-refractivity contribution in [1.82, 2.24) is 5.32 Å². The van der Waals surface area contributed by atoms with Gasteiger partial charge in [0, 0.05) is 6.04 Å². The molecule has 88 valence electrons. The number of rotatable bonds is 4. The van der Waals surface area contributed by atoms with Gasteiger partial charge >= 0.3 is 0 Å². The zero-order chi connectivity index (χ0) is 11.5. The number of fused-ring (bicyclic) bond motifs is 1. The minimum Gasteiger partial charge on any atom is -0.454 e. The highest BCUT2D eigenvalue weighted by atomic mass is 32.1. The van der Waals surface area contributed by atoms with E-state index in [0.717, 1.165) is 23.7 Å². The molecule has 4 heteroatoms. The van der Waals surface area contributed by atoms with Crippen LogP contribution in [-0.2, 0) is 0 Å². The summed E-state index contributed by atoms with van der Waals surface area (Å²) in [5.41, 5.74) is 2.49. The van der Waals surface area contributed by atoms with Crippen LogP contribution in [0.15, 0.2) is 12.1 Å². The molecule has 0 saturated heterocycles. The Hall–Kier alpha value is -0.870. The Labute approximate surface area is 102 Å². The summed E-state index contributed by atoms with van der Waals surface area (Å²) in [7, 11) is 1.97. The smallest absolute Gasteiger partial charge is 0.231 e. The third-order valence-electron chi connectivity index (χ3n) is 2.90. The van der Waals surface area contributed by atoms with Crippen molar-refractivity contribution < 1.29 is 9.47 Å². The van der Waals surface area contributed by atoms with Crippen LogP contribution in [0, 0.1) is 6.92 Å². The van der Waals surface area contributed by atoms with Crippen molar-refractivity contribution >= 4 is 12.6 Å². The Morgan fingerprint density at radius 1 is 1.38 bits per heavy atom. The molecule has 0 aliphatic carbocycles. The number of benzene rings is 1. The number of thiol groups is 1. The van der Waals surface area contributed by atoms with Crippen LogP contribution in [0.5, 0.6) is 11.5 Å². The fourth-order valence-electron chi connectivity index (χ4n) is 2.02. The van der Waals surface area contributed by atoms with Crippen molar-refractivity contribution in [1.29, 1.82) is 0 Å². The van der Waals surface area contributed by atoms with E-state index in [4.69, 9.17) is 9.47 Å². The molecule has 0 aromatic heterocycles. The maximum Gasteiger partial charge on any atom is 0.231 e. The summed E-state index contributed by atoms with van der Waals surface area (Å²) < 4.78 is 10.7. The first kappa shape index (κ1) is 11.6. The van der Waals surface area contributed by atoms with E-state index in [-0.39, 0.29) is 0 Å². The minimum absolute atomic E-state index is 0.326. The SMILES string of the molecule is CNC(CCS)c1cc2c(cc1C)OCO2. The van der Waals surface area contributed by atoms with Crippen molar-refractivity contribution in [2.75, 3.05) is 19.6 Å². The Balaban J connectivity index is 2.32. The third kappa shape index (κ3) is 2.13. The Kier molecular flexibility index (Phi) is 3.61. The third-order valence-corrected chi connectivity index (χ3v) is 3.16. The highest BCUT2D eigenvalue weighted by Gasteiger charge is 2.19. The molecule has 16 heavy (non-hydrogen) atoms. The van der Waals surface area contributed by atoms with E-state index in [1.165, 1.54) is 11.1 Å². The Bertz CT molecular complexity index is 382. The first-order valence-corrected chi connectivity index (χ1v) is 6.07. The number of nitrogens with one attached hydrogen (secondary N) is 1. The van der Waals surface area contributed by atoms with Crippen LogP contribution in [0.25, 0.3) is 0 Å². The fraction of sp³-hybridized carbons (Fsp3) is 0.500. The van der Waals surface area contributed by atoms with Crippen LogP contribution in [0.3, 0.4) is 0 Å². The van der Waals surface area contributed by atoms with Gasteiger partial charge in [0.25, 0.3) is 0 Å². The lowest BCUT2D eigenvalue weighted by Gasteiger charge is -2.18. The molecule has 1 aromatic carbocycles. The molecule has 1 N–H and O–H groups in total. The Morgan fingerprint density at radius 2 is 2.06 bits per heavy atom. The van der Waals surface area contributed by atoms with Crippen LogP contribution in [0.4, 0.5) is 0 Å². The first-order valence-electron chi connectivity index (χ1n) is 5.44. The average molecular weight is 239 g/mol. The number of ether oxygens (including phenoxy) is 2. The second-order valence-corrected chi connectivity index (χ2v) is 4.36. The van der Waals surface area contributed by atoms with Crippen LogP contribution in [0.1, 0.15) is 23.6 Å². The minimum atomic E-state index is 0.326. The molecule has 0 bridgehead atoms. The predicted molar refractivity (Wildman–Crippen MR) is 67.6 cm³/mol. The standard InChI is InChI=1S/C12H17NO2S/c1-8-5-11-12(15-7-14-11)6-9(8)10(13-2)3-4-16/h5-6,10,13,16H,3-4,7H2,1-2H3. The number of hydrogen-bond acceptors (Lipinski definition) is 4. The molecule has 1 aliphatic rings. The summed E-state index contributed by atoms with van der Waals surface area (Å²) in [5, 5.41) is 3.31. The van der Waals surface area contributed by atoms with E-state index in [1.54, 1.807) is 0 Å². The summed E-state index contributed by atoms with van der Waals surface area (Å²) in [5.74, 6) is 2.56. The molecule has 0 saturated carbocycles. The molecule has 3 nitrogen and oxygen atoms in total. The van der Waals surface area contributed by atoms with Crippen molar-refractivity contribution in [2.24, 2.45) is 0 Å². The van der Waals surface area contributed by atoms with E-state index in [1.807, 2.05) is 13.1 Å². The van der Waals surface area contributed by atoms with E-state index in [9.17, 15) is 0 Å². The highest BCUT2D eigenvalue weighted by Crippen LogP contribution is 2.37. The quantitative estimate of drug-likeness (QED) is 0.790. The lowest BCUT2D eigenvalue weighted by molar-refractivity contribution is 0.174. The monoisotopic (exact) mass is 239 g/mol. The fourth-order valence-corrected chi connectivity index (χ4v) is 2.28. The summed E-state index contributed by atoms with van der Waals surface area (Å²) in [6.45, 7) is 2.43. The van der Waals surface area contributed by atoms with Gasteiger partial charge in [0.05, 0.1) is 0 Å². The van der Waals surface area contributed by atoms with Crippen LogP contribution in [0.2, 0.25) is 0 Å². The average Bonchev–Trinajstić information content (AvgIpc) is 2.72. The summed E-state index contributed by atoms with van der Waals surface area (Å²) in [6.07, 6.45) is 1.00. The maximum absolute atomic E-state index is 5.40.